The van der Waals surface area contributed by atoms with Gasteiger partial charge in [0.15, 0.2) is 0 Å². The Morgan fingerprint density at radius 2 is 1.86 bits per heavy atom. The zero-order valence-electron chi connectivity index (χ0n) is 10.9. The third-order valence-corrected chi connectivity index (χ3v) is 5.69. The van der Waals surface area contributed by atoms with E-state index in [1.54, 1.807) is 24.3 Å². The smallest absolute Gasteiger partial charge is 0.398 e. The summed E-state index contributed by atoms with van der Waals surface area (Å²) in [5.74, 6) is -0.250. The van der Waals surface area contributed by atoms with Gasteiger partial charge in [-0.15, -0.1) is 11.8 Å². The summed E-state index contributed by atoms with van der Waals surface area (Å²) in [6, 6.07) is 7.05. The molecule has 0 bridgehead atoms. The fraction of sp³-hybridized carbons (Fsp3) is 0.455. The van der Waals surface area contributed by atoms with E-state index in [0.29, 0.717) is 5.69 Å². The zero-order valence-corrected chi connectivity index (χ0v) is 13.3. The van der Waals surface area contributed by atoms with E-state index in [1.807, 2.05) is 0 Å². The van der Waals surface area contributed by atoms with Crippen LogP contribution in [0.1, 0.15) is 0 Å². The highest BCUT2D eigenvalue weighted by molar-refractivity contribution is 8.01. The van der Waals surface area contributed by atoms with Crippen LogP contribution in [0.3, 0.4) is 0 Å². The fourth-order valence-corrected chi connectivity index (χ4v) is 4.27. The van der Waals surface area contributed by atoms with Gasteiger partial charge in [-0.25, -0.2) is 13.1 Å². The minimum absolute atomic E-state index is 0.178. The quantitative estimate of drug-likeness (QED) is 0.423. The maximum absolute atomic E-state index is 11.9. The number of nitrogen functional groups attached to an aromatic ring is 1. The van der Waals surface area contributed by atoms with Gasteiger partial charge in [0.05, 0.1) is 5.75 Å². The molecule has 0 aromatic heterocycles. The molecule has 0 aliphatic rings. The first-order valence-corrected chi connectivity index (χ1v) is 9.47. The maximum Gasteiger partial charge on any atom is 0.441 e. The molecule has 1 rings (SSSR count). The van der Waals surface area contributed by atoms with Crippen LogP contribution >= 0.6 is 23.5 Å². The molecule has 0 atom stereocenters. The molecule has 0 spiro atoms. The fourth-order valence-electron chi connectivity index (χ4n) is 1.31. The normalized spacial score (nSPS) is 12.5. The van der Waals surface area contributed by atoms with Crippen molar-refractivity contribution in [3.8, 4) is 0 Å². The van der Waals surface area contributed by atoms with E-state index in [1.165, 1.54) is 11.8 Å². The predicted molar refractivity (Wildman–Crippen MR) is 81.9 cm³/mol. The minimum Gasteiger partial charge on any atom is -0.398 e. The molecule has 3 N–H and O–H groups in total. The van der Waals surface area contributed by atoms with E-state index in [9.17, 15) is 21.6 Å². The Morgan fingerprint density at radius 3 is 2.48 bits per heavy atom. The molecule has 21 heavy (non-hydrogen) atoms. The summed E-state index contributed by atoms with van der Waals surface area (Å²) in [6.07, 6.45) is 0. The van der Waals surface area contributed by atoms with Gasteiger partial charge in [0, 0.05) is 28.6 Å². The Morgan fingerprint density at radius 1 is 1.19 bits per heavy atom. The van der Waals surface area contributed by atoms with Crippen LogP contribution in [-0.4, -0.2) is 37.7 Å². The first-order chi connectivity index (χ1) is 9.70. The average Bonchev–Trinajstić information content (AvgIpc) is 2.36. The lowest BCUT2D eigenvalue weighted by molar-refractivity contribution is -0.0327. The topological polar surface area (TPSA) is 72.2 Å². The predicted octanol–water partition coefficient (Wildman–Crippen LogP) is 2.53. The molecule has 4 nitrogen and oxygen atoms in total. The number of rotatable bonds is 8. The summed E-state index contributed by atoms with van der Waals surface area (Å²) in [6.45, 7) is -0.245. The van der Waals surface area contributed by atoms with Crippen LogP contribution in [0, 0.1) is 0 Å². The van der Waals surface area contributed by atoms with E-state index in [2.05, 4.69) is 4.72 Å². The summed E-state index contributed by atoms with van der Waals surface area (Å²) in [5, 5.41) is 0. The molecular weight excluding hydrogens is 345 g/mol. The first-order valence-electron chi connectivity index (χ1n) is 5.85. The lowest BCUT2D eigenvalue weighted by Gasteiger charge is -2.08. The standard InChI is InChI=1S/C11H15F3N2O2S3/c12-11(13,14)20-6-5-16-21(17,18)8-7-19-10-4-2-1-3-9(10)15/h1-4,16H,5-8,15H2. The molecule has 0 unspecified atom stereocenters. The highest BCUT2D eigenvalue weighted by Gasteiger charge is 2.27. The molecule has 1 aromatic carbocycles. The molecule has 0 radical (unpaired) electrons. The van der Waals surface area contributed by atoms with Crippen LogP contribution in [0.25, 0.3) is 0 Å². The first kappa shape index (κ1) is 18.5. The number of sulfonamides is 1. The monoisotopic (exact) mass is 360 g/mol. The van der Waals surface area contributed by atoms with Crippen molar-refractivity contribution in [2.24, 2.45) is 0 Å². The molecule has 0 amide bonds. The maximum atomic E-state index is 11.9. The number of halogens is 3. The van der Waals surface area contributed by atoms with Gasteiger partial charge in [-0.05, 0) is 23.9 Å². The lowest BCUT2D eigenvalue weighted by Crippen LogP contribution is -2.29. The van der Waals surface area contributed by atoms with Crippen molar-refractivity contribution < 1.29 is 21.6 Å². The number of benzene rings is 1. The molecule has 0 aliphatic heterocycles. The largest absolute Gasteiger partial charge is 0.441 e. The van der Waals surface area contributed by atoms with Crippen LogP contribution in [-0.2, 0) is 10.0 Å². The molecule has 120 valence electrons. The summed E-state index contributed by atoms with van der Waals surface area (Å²) < 4.78 is 60.9. The Balaban J connectivity index is 2.29. The Hall–Kier alpha value is -0.580. The number of nitrogens with one attached hydrogen (secondary N) is 1. The van der Waals surface area contributed by atoms with Gasteiger partial charge in [0.2, 0.25) is 10.0 Å². The summed E-state index contributed by atoms with van der Waals surface area (Å²) in [7, 11) is -3.57. The van der Waals surface area contributed by atoms with Gasteiger partial charge in [0.25, 0.3) is 0 Å². The Bertz CT molecular complexity index is 550. The summed E-state index contributed by atoms with van der Waals surface area (Å²) in [4.78, 5) is 0.778. The number of thioether (sulfide) groups is 2. The zero-order chi connectivity index (χ0) is 15.9. The highest BCUT2D eigenvalue weighted by Crippen LogP contribution is 2.29. The van der Waals surface area contributed by atoms with Gasteiger partial charge >= 0.3 is 5.51 Å². The van der Waals surface area contributed by atoms with Gasteiger partial charge in [-0.2, -0.15) is 13.2 Å². The molecule has 1 aromatic rings. The SMILES string of the molecule is Nc1ccccc1SCCS(=O)(=O)NCCSC(F)(F)F. The second kappa shape index (κ2) is 8.16. The lowest BCUT2D eigenvalue weighted by atomic mass is 10.3. The van der Waals surface area contributed by atoms with Crippen molar-refractivity contribution in [3.05, 3.63) is 24.3 Å². The Labute approximate surface area is 130 Å². The molecule has 0 fully saturated rings. The number of hydrogen-bond donors (Lipinski definition) is 2. The van der Waals surface area contributed by atoms with Crippen LogP contribution < -0.4 is 10.5 Å². The number of anilines is 1. The van der Waals surface area contributed by atoms with Crippen molar-refractivity contribution >= 4 is 39.2 Å². The van der Waals surface area contributed by atoms with Crippen molar-refractivity contribution in [1.29, 1.82) is 0 Å². The summed E-state index contributed by atoms with van der Waals surface area (Å²) >= 11 is 1.04. The van der Waals surface area contributed by atoms with E-state index >= 15 is 0 Å². The molecule has 0 saturated heterocycles. The van der Waals surface area contributed by atoms with Crippen LogP contribution in [0.2, 0.25) is 0 Å². The van der Waals surface area contributed by atoms with Crippen molar-refractivity contribution in [3.63, 3.8) is 0 Å². The number of nitrogens with two attached hydrogens (primary N) is 1. The number of alkyl halides is 3. The van der Waals surface area contributed by atoms with Gasteiger partial charge < -0.3 is 5.73 Å². The van der Waals surface area contributed by atoms with Crippen molar-refractivity contribution in [2.75, 3.05) is 29.5 Å². The van der Waals surface area contributed by atoms with Crippen molar-refractivity contribution in [1.82, 2.24) is 4.72 Å². The molecule has 0 aliphatic carbocycles. The van der Waals surface area contributed by atoms with Crippen molar-refractivity contribution in [2.45, 2.75) is 10.4 Å². The van der Waals surface area contributed by atoms with Gasteiger partial charge in [-0.3, -0.25) is 0 Å². The molecule has 10 heteroatoms. The van der Waals surface area contributed by atoms with Gasteiger partial charge in [0.1, 0.15) is 0 Å². The van der Waals surface area contributed by atoms with Gasteiger partial charge in [-0.1, -0.05) is 12.1 Å². The van der Waals surface area contributed by atoms with E-state index in [0.717, 1.165) is 4.90 Å². The highest BCUT2D eigenvalue weighted by atomic mass is 32.2. The number of para-hydroxylation sites is 1. The van der Waals surface area contributed by atoms with E-state index in [-0.39, 0.29) is 35.6 Å². The van der Waals surface area contributed by atoms with Crippen LogP contribution in [0.5, 0.6) is 0 Å². The van der Waals surface area contributed by atoms with Crippen LogP contribution in [0.4, 0.5) is 18.9 Å². The average molecular weight is 360 g/mol. The third kappa shape index (κ3) is 8.44. The molecule has 0 heterocycles. The van der Waals surface area contributed by atoms with E-state index in [4.69, 9.17) is 5.73 Å². The second-order valence-electron chi connectivity index (χ2n) is 3.89. The van der Waals surface area contributed by atoms with E-state index < -0.39 is 15.5 Å². The Kier molecular flexibility index (Phi) is 7.17. The second-order valence-corrected chi connectivity index (χ2v) is 8.12. The molecule has 0 saturated carbocycles. The number of hydrogen-bond acceptors (Lipinski definition) is 5. The third-order valence-electron chi connectivity index (χ3n) is 2.22. The summed E-state index contributed by atoms with van der Waals surface area (Å²) in [5.41, 5.74) is 1.94. The minimum atomic E-state index is -4.34. The van der Waals surface area contributed by atoms with Crippen LogP contribution in [0.15, 0.2) is 29.2 Å². The molecular formula is C11H15F3N2O2S3.